The Labute approximate surface area is 125 Å². The topological polar surface area (TPSA) is 52.3 Å². The fourth-order valence-electron chi connectivity index (χ4n) is 1.89. The second kappa shape index (κ2) is 6.78. The molecule has 0 saturated carbocycles. The molecule has 0 amide bonds. The van der Waals surface area contributed by atoms with Gasteiger partial charge in [0.25, 0.3) is 0 Å². The summed E-state index contributed by atoms with van der Waals surface area (Å²) >= 11 is 1.28. The van der Waals surface area contributed by atoms with Crippen molar-refractivity contribution in [3.63, 3.8) is 0 Å². The highest BCUT2D eigenvalue weighted by molar-refractivity contribution is 7.15. The first-order valence-corrected chi connectivity index (χ1v) is 7.29. The van der Waals surface area contributed by atoms with Crippen LogP contribution in [0.3, 0.4) is 0 Å². The lowest BCUT2D eigenvalue weighted by atomic mass is 10.1. The average molecular weight is 311 g/mol. The number of hydrogen-bond acceptors (Lipinski definition) is 4. The van der Waals surface area contributed by atoms with Gasteiger partial charge < -0.3 is 10.5 Å². The minimum atomic E-state index is -0.623. The first-order chi connectivity index (χ1) is 10.0. The van der Waals surface area contributed by atoms with Crippen LogP contribution in [0.15, 0.2) is 30.3 Å². The van der Waals surface area contributed by atoms with E-state index in [0.29, 0.717) is 17.0 Å². The van der Waals surface area contributed by atoms with E-state index in [4.69, 9.17) is 10.5 Å². The second-order valence-electron chi connectivity index (χ2n) is 4.44. The molecule has 0 spiro atoms. The van der Waals surface area contributed by atoms with Crippen LogP contribution in [-0.4, -0.2) is 12.6 Å². The van der Waals surface area contributed by atoms with Crippen molar-refractivity contribution in [1.82, 2.24) is 0 Å². The van der Waals surface area contributed by atoms with Gasteiger partial charge in [-0.3, -0.25) is 4.79 Å². The van der Waals surface area contributed by atoms with E-state index in [-0.39, 0.29) is 12.4 Å². The molecule has 2 N–H and O–H groups in total. The Bertz CT molecular complexity index is 642. The molecule has 0 radical (unpaired) electrons. The summed E-state index contributed by atoms with van der Waals surface area (Å²) in [5, 5.41) is 0. The lowest BCUT2D eigenvalue weighted by molar-refractivity contribution is -0.143. The summed E-state index contributed by atoms with van der Waals surface area (Å²) < 4.78 is 31.5. The van der Waals surface area contributed by atoms with Crippen molar-refractivity contribution in [2.45, 2.75) is 19.4 Å². The van der Waals surface area contributed by atoms with Crippen LogP contribution in [0.5, 0.6) is 0 Å². The molecule has 1 aromatic heterocycles. The van der Waals surface area contributed by atoms with Crippen molar-refractivity contribution in [3.8, 4) is 10.4 Å². The molecule has 0 aliphatic rings. The van der Waals surface area contributed by atoms with Gasteiger partial charge >= 0.3 is 5.97 Å². The Morgan fingerprint density at radius 1 is 1.33 bits per heavy atom. The fourth-order valence-corrected chi connectivity index (χ4v) is 2.92. The van der Waals surface area contributed by atoms with E-state index >= 15 is 0 Å². The third-order valence-electron chi connectivity index (χ3n) is 2.88. The van der Waals surface area contributed by atoms with Crippen LogP contribution in [-0.2, 0) is 9.53 Å². The molecule has 112 valence electrons. The quantitative estimate of drug-likeness (QED) is 0.858. The number of carbonyl (C=O) groups is 1. The first kappa shape index (κ1) is 15.6. The van der Waals surface area contributed by atoms with E-state index in [1.165, 1.54) is 23.5 Å². The van der Waals surface area contributed by atoms with Crippen molar-refractivity contribution < 1.29 is 18.3 Å². The van der Waals surface area contributed by atoms with Gasteiger partial charge in [-0.25, -0.2) is 8.78 Å². The van der Waals surface area contributed by atoms with Crippen LogP contribution in [0.2, 0.25) is 0 Å². The Kier molecular flexibility index (Phi) is 5.03. The highest BCUT2D eigenvalue weighted by Gasteiger charge is 2.16. The average Bonchev–Trinajstić information content (AvgIpc) is 2.88. The van der Waals surface area contributed by atoms with Crippen LogP contribution in [0, 0.1) is 11.6 Å². The summed E-state index contributed by atoms with van der Waals surface area (Å²) in [6.45, 7) is 2.03. The Morgan fingerprint density at radius 3 is 2.76 bits per heavy atom. The van der Waals surface area contributed by atoms with Gasteiger partial charge in [-0.2, -0.15) is 0 Å². The van der Waals surface area contributed by atoms with Crippen LogP contribution in [0.25, 0.3) is 10.4 Å². The maximum absolute atomic E-state index is 13.7. The van der Waals surface area contributed by atoms with Crippen LogP contribution < -0.4 is 5.73 Å². The predicted molar refractivity (Wildman–Crippen MR) is 77.8 cm³/mol. The minimum absolute atomic E-state index is 0.0691. The Morgan fingerprint density at radius 2 is 2.10 bits per heavy atom. The normalized spacial score (nSPS) is 12.2. The van der Waals surface area contributed by atoms with Gasteiger partial charge in [-0.1, -0.05) is 0 Å². The summed E-state index contributed by atoms with van der Waals surface area (Å²) in [5.41, 5.74) is 6.25. The maximum Gasteiger partial charge on any atom is 0.307 e. The van der Waals surface area contributed by atoms with E-state index in [1.807, 2.05) is 0 Å². The van der Waals surface area contributed by atoms with Gasteiger partial charge in [0.05, 0.1) is 13.0 Å². The molecule has 0 bridgehead atoms. The highest BCUT2D eigenvalue weighted by atomic mass is 32.1. The van der Waals surface area contributed by atoms with Gasteiger partial charge in [0.15, 0.2) is 0 Å². The number of nitrogens with two attached hydrogens (primary N) is 1. The summed E-state index contributed by atoms with van der Waals surface area (Å²) in [7, 11) is 0. The molecule has 3 nitrogen and oxygen atoms in total. The van der Waals surface area contributed by atoms with E-state index in [1.54, 1.807) is 19.1 Å². The molecule has 1 unspecified atom stereocenters. The van der Waals surface area contributed by atoms with E-state index in [2.05, 4.69) is 0 Å². The first-order valence-electron chi connectivity index (χ1n) is 6.47. The molecule has 0 aliphatic heterocycles. The summed E-state index contributed by atoms with van der Waals surface area (Å²) in [5.74, 6) is -1.61. The van der Waals surface area contributed by atoms with Crippen LogP contribution in [0.1, 0.15) is 24.3 Å². The number of thiophene rings is 1. The molecule has 2 aromatic rings. The summed E-state index contributed by atoms with van der Waals surface area (Å²) in [6.07, 6.45) is 0.0691. The van der Waals surface area contributed by atoms with Crippen molar-refractivity contribution in [3.05, 3.63) is 46.8 Å². The molecule has 1 atom stereocenters. The summed E-state index contributed by atoms with van der Waals surface area (Å²) in [6, 6.07) is 6.39. The van der Waals surface area contributed by atoms with Gasteiger partial charge in [-0.15, -0.1) is 11.3 Å². The van der Waals surface area contributed by atoms with Crippen molar-refractivity contribution in [2.75, 3.05) is 6.61 Å². The van der Waals surface area contributed by atoms with Gasteiger partial charge in [0.2, 0.25) is 0 Å². The van der Waals surface area contributed by atoms with E-state index in [9.17, 15) is 13.6 Å². The molecule has 21 heavy (non-hydrogen) atoms. The van der Waals surface area contributed by atoms with Crippen LogP contribution in [0.4, 0.5) is 8.78 Å². The fraction of sp³-hybridized carbons (Fsp3) is 0.267. The number of rotatable bonds is 5. The monoisotopic (exact) mass is 311 g/mol. The highest BCUT2D eigenvalue weighted by Crippen LogP contribution is 2.33. The standard InChI is InChI=1S/C15H15F2NO2S/c1-2-20-15(19)8-12(18)14-6-5-13(21-14)10-4-3-9(16)7-11(10)17/h3-7,12H,2,8,18H2,1H3. The molecule has 0 saturated heterocycles. The zero-order valence-electron chi connectivity index (χ0n) is 11.4. The largest absolute Gasteiger partial charge is 0.466 e. The van der Waals surface area contributed by atoms with Crippen molar-refractivity contribution in [2.24, 2.45) is 5.73 Å². The van der Waals surface area contributed by atoms with Gasteiger partial charge in [0.1, 0.15) is 11.6 Å². The number of carbonyl (C=O) groups excluding carboxylic acids is 1. The number of hydrogen-bond donors (Lipinski definition) is 1. The van der Waals surface area contributed by atoms with Crippen molar-refractivity contribution >= 4 is 17.3 Å². The molecule has 1 aromatic carbocycles. The third-order valence-corrected chi connectivity index (χ3v) is 4.13. The maximum atomic E-state index is 13.7. The summed E-state index contributed by atoms with van der Waals surface area (Å²) in [4.78, 5) is 12.8. The predicted octanol–water partition coefficient (Wildman–Crippen LogP) is 3.65. The van der Waals surface area contributed by atoms with Gasteiger partial charge in [-0.05, 0) is 31.2 Å². The SMILES string of the molecule is CCOC(=O)CC(N)c1ccc(-c2ccc(F)cc2F)s1. The second-order valence-corrected chi connectivity index (χ2v) is 5.56. The molecular weight excluding hydrogens is 296 g/mol. The van der Waals surface area contributed by atoms with Gasteiger partial charge in [0, 0.05) is 27.4 Å². The Hall–Kier alpha value is -1.79. The van der Waals surface area contributed by atoms with Crippen LogP contribution >= 0.6 is 11.3 Å². The third kappa shape index (κ3) is 3.86. The van der Waals surface area contributed by atoms with E-state index < -0.39 is 17.7 Å². The lowest BCUT2D eigenvalue weighted by Crippen LogP contribution is -2.16. The number of benzene rings is 1. The molecule has 2 rings (SSSR count). The molecule has 0 fully saturated rings. The van der Waals surface area contributed by atoms with Crippen molar-refractivity contribution in [1.29, 1.82) is 0 Å². The zero-order valence-corrected chi connectivity index (χ0v) is 12.3. The zero-order chi connectivity index (χ0) is 15.4. The molecule has 6 heteroatoms. The Balaban J connectivity index is 2.15. The number of halogens is 2. The number of ether oxygens (including phenoxy) is 1. The molecular formula is C15H15F2NO2S. The lowest BCUT2D eigenvalue weighted by Gasteiger charge is -2.08. The molecule has 0 aliphatic carbocycles. The van der Waals surface area contributed by atoms with E-state index in [0.717, 1.165) is 10.9 Å². The molecule has 1 heterocycles. The number of esters is 1. The smallest absolute Gasteiger partial charge is 0.307 e. The minimum Gasteiger partial charge on any atom is -0.466 e.